The molecule has 2 saturated heterocycles. The lowest BCUT2D eigenvalue weighted by molar-refractivity contribution is 0.321. The first-order valence-corrected chi connectivity index (χ1v) is 8.72. The van der Waals surface area contributed by atoms with Gasteiger partial charge in [-0.15, -0.1) is 0 Å². The Morgan fingerprint density at radius 2 is 2.05 bits per heavy atom. The van der Waals surface area contributed by atoms with E-state index in [1.165, 1.54) is 0 Å². The molecule has 0 bridgehead atoms. The van der Waals surface area contributed by atoms with Gasteiger partial charge in [0, 0.05) is 18.6 Å². The second-order valence-electron chi connectivity index (χ2n) is 5.79. The number of hydrogen-bond acceptors (Lipinski definition) is 4. The van der Waals surface area contributed by atoms with Crippen LogP contribution in [0.1, 0.15) is 37.1 Å². The van der Waals surface area contributed by atoms with Gasteiger partial charge in [-0.1, -0.05) is 0 Å². The number of aromatic nitrogens is 2. The molecule has 7 heteroatoms. The quantitative estimate of drug-likeness (QED) is 0.870. The molecule has 20 heavy (non-hydrogen) atoms. The highest BCUT2D eigenvalue weighted by atomic mass is 32.2. The summed E-state index contributed by atoms with van der Waals surface area (Å²) < 4.78 is 27.6. The fraction of sp³-hybridized carbons (Fsp3) is 0.769. The average Bonchev–Trinajstić information content (AvgIpc) is 3.08. The number of hydrogen-bond donors (Lipinski definition) is 2. The first kappa shape index (κ1) is 14.0. The third-order valence-corrected chi connectivity index (χ3v) is 6.63. The molecule has 3 rings (SSSR count). The van der Waals surface area contributed by atoms with Crippen LogP contribution in [0.5, 0.6) is 0 Å². The van der Waals surface area contributed by atoms with Crippen molar-refractivity contribution in [3.05, 3.63) is 11.4 Å². The molecule has 0 aromatic carbocycles. The van der Waals surface area contributed by atoms with E-state index >= 15 is 0 Å². The van der Waals surface area contributed by atoms with Crippen molar-refractivity contribution >= 4 is 10.0 Å². The molecule has 2 aliphatic rings. The van der Waals surface area contributed by atoms with Crippen molar-refractivity contribution in [3.8, 4) is 0 Å². The molecule has 2 fully saturated rings. The van der Waals surface area contributed by atoms with E-state index in [2.05, 4.69) is 15.5 Å². The molecule has 0 radical (unpaired) electrons. The SMILES string of the molecule is Cc1n[nH]c(C)c1S(=O)(=O)N1CCCC1C1CCCN1. The maximum atomic E-state index is 12.9. The van der Waals surface area contributed by atoms with Crippen LogP contribution in [0.15, 0.2) is 4.90 Å². The van der Waals surface area contributed by atoms with Crippen molar-refractivity contribution in [2.45, 2.75) is 56.5 Å². The van der Waals surface area contributed by atoms with Crippen LogP contribution in [0, 0.1) is 13.8 Å². The highest BCUT2D eigenvalue weighted by Crippen LogP contribution is 2.32. The Kier molecular flexibility index (Phi) is 3.60. The van der Waals surface area contributed by atoms with Crippen molar-refractivity contribution in [1.29, 1.82) is 0 Å². The molecule has 3 heterocycles. The number of nitrogens with zero attached hydrogens (tertiary/aromatic N) is 2. The molecule has 0 aliphatic carbocycles. The zero-order valence-electron chi connectivity index (χ0n) is 12.0. The van der Waals surface area contributed by atoms with Gasteiger partial charge in [0.05, 0.1) is 11.4 Å². The highest BCUT2D eigenvalue weighted by Gasteiger charge is 2.41. The van der Waals surface area contributed by atoms with Crippen LogP contribution < -0.4 is 5.32 Å². The zero-order chi connectivity index (χ0) is 14.3. The van der Waals surface area contributed by atoms with Crippen molar-refractivity contribution < 1.29 is 8.42 Å². The van der Waals surface area contributed by atoms with E-state index in [1.807, 2.05) is 0 Å². The van der Waals surface area contributed by atoms with Gasteiger partial charge >= 0.3 is 0 Å². The average molecular weight is 298 g/mol. The predicted octanol–water partition coefficient (Wildman–Crippen LogP) is 0.932. The summed E-state index contributed by atoms with van der Waals surface area (Å²) in [7, 11) is -3.44. The van der Waals surface area contributed by atoms with E-state index in [4.69, 9.17) is 0 Å². The second-order valence-corrected chi connectivity index (χ2v) is 7.62. The normalized spacial score (nSPS) is 28.3. The molecule has 2 N–H and O–H groups in total. The van der Waals surface area contributed by atoms with E-state index in [1.54, 1.807) is 18.2 Å². The minimum Gasteiger partial charge on any atom is -0.312 e. The molecule has 2 aliphatic heterocycles. The van der Waals surface area contributed by atoms with E-state index in [-0.39, 0.29) is 6.04 Å². The monoisotopic (exact) mass is 298 g/mol. The third-order valence-electron chi connectivity index (χ3n) is 4.44. The number of aromatic amines is 1. The van der Waals surface area contributed by atoms with Gasteiger partial charge in [0.1, 0.15) is 4.90 Å². The summed E-state index contributed by atoms with van der Waals surface area (Å²) in [6, 6.07) is 0.399. The van der Waals surface area contributed by atoms with E-state index < -0.39 is 10.0 Å². The number of sulfonamides is 1. The van der Waals surface area contributed by atoms with Crippen molar-refractivity contribution in [2.24, 2.45) is 0 Å². The summed E-state index contributed by atoms with van der Waals surface area (Å²) in [4.78, 5) is 0.363. The van der Waals surface area contributed by atoms with Crippen molar-refractivity contribution in [1.82, 2.24) is 19.8 Å². The van der Waals surface area contributed by atoms with Gasteiger partial charge in [0.2, 0.25) is 10.0 Å². The van der Waals surface area contributed by atoms with Gasteiger partial charge in [-0.25, -0.2) is 8.42 Å². The molecule has 1 aromatic heterocycles. The van der Waals surface area contributed by atoms with Crippen LogP contribution >= 0.6 is 0 Å². The number of aryl methyl sites for hydroxylation is 2. The molecule has 0 saturated carbocycles. The standard InChI is InChI=1S/C13H22N4O2S/c1-9-13(10(2)16-15-9)20(18,19)17-8-4-6-12(17)11-5-3-7-14-11/h11-12,14H,3-8H2,1-2H3,(H,15,16). The Morgan fingerprint density at radius 3 is 2.65 bits per heavy atom. The van der Waals surface area contributed by atoms with E-state index in [0.29, 0.717) is 28.9 Å². The summed E-state index contributed by atoms with van der Waals surface area (Å²) in [6.45, 7) is 5.13. The van der Waals surface area contributed by atoms with Gasteiger partial charge in [0.25, 0.3) is 0 Å². The molecule has 0 spiro atoms. The smallest absolute Gasteiger partial charge is 0.247 e. The molecular formula is C13H22N4O2S. The largest absolute Gasteiger partial charge is 0.312 e. The van der Waals surface area contributed by atoms with E-state index in [9.17, 15) is 8.42 Å². The summed E-state index contributed by atoms with van der Waals surface area (Å²) in [5, 5.41) is 10.3. The summed E-state index contributed by atoms with van der Waals surface area (Å²) in [5.41, 5.74) is 1.19. The first-order valence-electron chi connectivity index (χ1n) is 7.28. The minimum atomic E-state index is -3.44. The lowest BCUT2D eigenvalue weighted by Crippen LogP contribution is -2.46. The molecule has 1 aromatic rings. The molecule has 112 valence electrons. The Morgan fingerprint density at radius 1 is 1.25 bits per heavy atom. The predicted molar refractivity (Wildman–Crippen MR) is 76.0 cm³/mol. The Hall–Kier alpha value is -0.920. The maximum absolute atomic E-state index is 12.9. The Labute approximate surface area is 120 Å². The zero-order valence-corrected chi connectivity index (χ0v) is 12.8. The van der Waals surface area contributed by atoms with Crippen molar-refractivity contribution in [3.63, 3.8) is 0 Å². The number of rotatable bonds is 3. The van der Waals surface area contributed by atoms with Gasteiger partial charge in [-0.3, -0.25) is 5.10 Å². The van der Waals surface area contributed by atoms with Gasteiger partial charge in [0.15, 0.2) is 0 Å². The van der Waals surface area contributed by atoms with Gasteiger partial charge in [-0.05, 0) is 46.1 Å². The lowest BCUT2D eigenvalue weighted by atomic mass is 10.1. The van der Waals surface area contributed by atoms with Crippen LogP contribution in [0.3, 0.4) is 0 Å². The molecule has 2 unspecified atom stereocenters. The number of nitrogens with one attached hydrogen (secondary N) is 2. The number of H-pyrrole nitrogens is 1. The van der Waals surface area contributed by atoms with Gasteiger partial charge < -0.3 is 5.32 Å². The Bertz CT molecular complexity index is 570. The van der Waals surface area contributed by atoms with Crippen LogP contribution in [0.2, 0.25) is 0 Å². The van der Waals surface area contributed by atoms with Gasteiger partial charge in [-0.2, -0.15) is 9.40 Å². The summed E-state index contributed by atoms with van der Waals surface area (Å²) in [6.07, 6.45) is 4.10. The molecule has 0 amide bonds. The highest BCUT2D eigenvalue weighted by molar-refractivity contribution is 7.89. The van der Waals surface area contributed by atoms with Crippen LogP contribution in [0.25, 0.3) is 0 Å². The molecule has 6 nitrogen and oxygen atoms in total. The van der Waals surface area contributed by atoms with Crippen LogP contribution in [-0.2, 0) is 10.0 Å². The molecule has 2 atom stereocenters. The molecular weight excluding hydrogens is 276 g/mol. The lowest BCUT2D eigenvalue weighted by Gasteiger charge is -2.28. The Balaban J connectivity index is 1.94. The summed E-state index contributed by atoms with van der Waals surface area (Å²) >= 11 is 0. The fourth-order valence-corrected chi connectivity index (χ4v) is 5.61. The summed E-state index contributed by atoms with van der Waals surface area (Å²) in [5.74, 6) is 0. The first-order chi connectivity index (χ1) is 9.51. The maximum Gasteiger partial charge on any atom is 0.247 e. The van der Waals surface area contributed by atoms with E-state index in [0.717, 1.165) is 32.2 Å². The minimum absolute atomic E-state index is 0.0937. The van der Waals surface area contributed by atoms with Crippen molar-refractivity contribution in [2.75, 3.05) is 13.1 Å². The third kappa shape index (κ3) is 2.17. The van der Waals surface area contributed by atoms with Crippen LogP contribution in [-0.4, -0.2) is 48.1 Å². The van der Waals surface area contributed by atoms with Crippen LogP contribution in [0.4, 0.5) is 0 Å². The topological polar surface area (TPSA) is 78.1 Å². The fourth-order valence-electron chi connectivity index (χ4n) is 3.54. The second kappa shape index (κ2) is 5.13.